The minimum Gasteiger partial charge on any atom is -0.481 e. The summed E-state index contributed by atoms with van der Waals surface area (Å²) in [7, 11) is 0. The fourth-order valence-electron chi connectivity index (χ4n) is 2.65. The summed E-state index contributed by atoms with van der Waals surface area (Å²) in [5.41, 5.74) is 0.889. The number of carbonyl (C=O) groups is 2. The van der Waals surface area contributed by atoms with Crippen LogP contribution in [-0.4, -0.2) is 40.0 Å². The Labute approximate surface area is 155 Å². The molecule has 0 spiro atoms. The van der Waals surface area contributed by atoms with Gasteiger partial charge in [0.05, 0.1) is 16.6 Å². The number of para-hydroxylation sites is 1. The standard InChI is InChI=1S/C19H20N2O4S/c1-12(2)11-21(10-9-17(22)23)19(24)15-8-7-14(25-15)18-20-13-5-3-4-6-16(13)26-18/h3-8,12H,9-11H2,1-2H3,(H,22,23). The van der Waals surface area contributed by atoms with Crippen molar-refractivity contribution in [2.45, 2.75) is 20.3 Å². The fourth-order valence-corrected chi connectivity index (χ4v) is 3.58. The molecule has 0 unspecified atom stereocenters. The lowest BCUT2D eigenvalue weighted by atomic mass is 10.2. The third-order valence-corrected chi connectivity index (χ3v) is 4.84. The molecule has 7 heteroatoms. The van der Waals surface area contributed by atoms with E-state index in [4.69, 9.17) is 9.52 Å². The predicted octanol–water partition coefficient (Wildman–Crippen LogP) is 4.13. The number of carbonyl (C=O) groups excluding carboxylic acids is 1. The van der Waals surface area contributed by atoms with Crippen molar-refractivity contribution >= 4 is 33.4 Å². The van der Waals surface area contributed by atoms with Gasteiger partial charge in [0.2, 0.25) is 0 Å². The third-order valence-electron chi connectivity index (χ3n) is 3.79. The van der Waals surface area contributed by atoms with Crippen LogP contribution in [0.1, 0.15) is 30.8 Å². The number of hydrogen-bond acceptors (Lipinski definition) is 5. The first kappa shape index (κ1) is 18.1. The maximum absolute atomic E-state index is 12.7. The summed E-state index contributed by atoms with van der Waals surface area (Å²) in [6.07, 6.45) is -0.0934. The highest BCUT2D eigenvalue weighted by Gasteiger charge is 2.22. The van der Waals surface area contributed by atoms with Gasteiger partial charge in [0.15, 0.2) is 16.5 Å². The first-order chi connectivity index (χ1) is 12.4. The largest absolute Gasteiger partial charge is 0.481 e. The van der Waals surface area contributed by atoms with Gasteiger partial charge in [-0.15, -0.1) is 11.3 Å². The number of aliphatic carboxylic acids is 1. The van der Waals surface area contributed by atoms with E-state index >= 15 is 0 Å². The second-order valence-electron chi connectivity index (χ2n) is 6.44. The van der Waals surface area contributed by atoms with Gasteiger partial charge >= 0.3 is 5.97 Å². The minimum atomic E-state index is -0.929. The van der Waals surface area contributed by atoms with Gasteiger partial charge in [-0.3, -0.25) is 9.59 Å². The predicted molar refractivity (Wildman–Crippen MR) is 100 cm³/mol. The monoisotopic (exact) mass is 372 g/mol. The van der Waals surface area contributed by atoms with Crippen molar-refractivity contribution in [2.24, 2.45) is 5.92 Å². The maximum atomic E-state index is 12.7. The Morgan fingerprint density at radius 1 is 1.23 bits per heavy atom. The van der Waals surface area contributed by atoms with E-state index in [0.29, 0.717) is 17.3 Å². The normalized spacial score (nSPS) is 11.2. The first-order valence-corrected chi connectivity index (χ1v) is 9.22. The molecule has 1 N–H and O–H groups in total. The van der Waals surface area contributed by atoms with Crippen LogP contribution in [0.2, 0.25) is 0 Å². The van der Waals surface area contributed by atoms with Crippen molar-refractivity contribution in [1.29, 1.82) is 0 Å². The Kier molecular flexibility index (Phi) is 5.37. The van der Waals surface area contributed by atoms with E-state index in [1.54, 1.807) is 12.1 Å². The quantitative estimate of drug-likeness (QED) is 0.674. The van der Waals surface area contributed by atoms with Crippen molar-refractivity contribution in [3.8, 4) is 10.8 Å². The number of hydrogen-bond donors (Lipinski definition) is 1. The highest BCUT2D eigenvalue weighted by molar-refractivity contribution is 7.21. The molecule has 0 bridgehead atoms. The first-order valence-electron chi connectivity index (χ1n) is 8.41. The van der Waals surface area contributed by atoms with Gasteiger partial charge in [-0.1, -0.05) is 26.0 Å². The zero-order valence-electron chi connectivity index (χ0n) is 14.6. The average Bonchev–Trinajstić information content (AvgIpc) is 3.23. The van der Waals surface area contributed by atoms with Gasteiger partial charge in [-0.05, 0) is 30.2 Å². The Hall–Kier alpha value is -2.67. The minimum absolute atomic E-state index is 0.0934. The molecule has 2 aromatic heterocycles. The lowest BCUT2D eigenvalue weighted by Gasteiger charge is -2.22. The summed E-state index contributed by atoms with van der Waals surface area (Å²) in [5.74, 6) is -0.262. The maximum Gasteiger partial charge on any atom is 0.305 e. The molecular formula is C19H20N2O4S. The number of rotatable bonds is 7. The number of thiazole rings is 1. The summed E-state index contributed by atoms with van der Waals surface area (Å²) in [5, 5.41) is 9.62. The number of aromatic nitrogens is 1. The van der Waals surface area contributed by atoms with Crippen LogP contribution in [0.3, 0.4) is 0 Å². The van der Waals surface area contributed by atoms with E-state index in [1.165, 1.54) is 16.2 Å². The number of furan rings is 1. The van der Waals surface area contributed by atoms with Crippen molar-refractivity contribution < 1.29 is 19.1 Å². The summed E-state index contributed by atoms with van der Waals surface area (Å²) >= 11 is 1.50. The number of carboxylic acids is 1. The molecular weight excluding hydrogens is 352 g/mol. The van der Waals surface area contributed by atoms with Crippen molar-refractivity contribution in [3.05, 3.63) is 42.2 Å². The van der Waals surface area contributed by atoms with E-state index < -0.39 is 5.97 Å². The van der Waals surface area contributed by atoms with Crippen molar-refractivity contribution in [2.75, 3.05) is 13.1 Å². The average molecular weight is 372 g/mol. The number of benzene rings is 1. The summed E-state index contributed by atoms with van der Waals surface area (Å²) < 4.78 is 6.79. The molecule has 3 rings (SSSR count). The molecule has 6 nitrogen and oxygen atoms in total. The molecule has 3 aromatic rings. The van der Waals surface area contributed by atoms with Crippen LogP contribution in [0.15, 0.2) is 40.8 Å². The van der Waals surface area contributed by atoms with Gasteiger partial charge in [0.25, 0.3) is 5.91 Å². The Balaban J connectivity index is 1.82. The zero-order chi connectivity index (χ0) is 18.7. The van der Waals surface area contributed by atoms with Crippen LogP contribution >= 0.6 is 11.3 Å². The number of amides is 1. The van der Waals surface area contributed by atoms with Gasteiger partial charge < -0.3 is 14.4 Å². The van der Waals surface area contributed by atoms with Crippen molar-refractivity contribution in [3.63, 3.8) is 0 Å². The lowest BCUT2D eigenvalue weighted by molar-refractivity contribution is -0.137. The second-order valence-corrected chi connectivity index (χ2v) is 7.47. The van der Waals surface area contributed by atoms with Gasteiger partial charge in [0.1, 0.15) is 0 Å². The fraction of sp³-hybridized carbons (Fsp3) is 0.316. The van der Waals surface area contributed by atoms with Crippen LogP contribution < -0.4 is 0 Å². The highest BCUT2D eigenvalue weighted by Crippen LogP contribution is 2.31. The van der Waals surface area contributed by atoms with E-state index in [0.717, 1.165) is 10.2 Å². The Morgan fingerprint density at radius 3 is 2.69 bits per heavy atom. The van der Waals surface area contributed by atoms with Gasteiger partial charge in [0, 0.05) is 13.1 Å². The summed E-state index contributed by atoms with van der Waals surface area (Å²) in [4.78, 5) is 29.6. The Bertz CT molecular complexity index is 895. The van der Waals surface area contributed by atoms with E-state index in [1.807, 2.05) is 38.1 Å². The molecule has 0 saturated carbocycles. The van der Waals surface area contributed by atoms with E-state index in [-0.39, 0.29) is 30.6 Å². The van der Waals surface area contributed by atoms with Crippen LogP contribution in [0.4, 0.5) is 0 Å². The summed E-state index contributed by atoms with van der Waals surface area (Å²) in [6, 6.07) is 11.2. The van der Waals surface area contributed by atoms with E-state index in [9.17, 15) is 9.59 Å². The Morgan fingerprint density at radius 2 is 2.00 bits per heavy atom. The van der Waals surface area contributed by atoms with Crippen LogP contribution in [0.25, 0.3) is 21.0 Å². The molecule has 1 aromatic carbocycles. The SMILES string of the molecule is CC(C)CN(CCC(=O)O)C(=O)c1ccc(-c2nc3ccccc3s2)o1. The molecule has 0 saturated heterocycles. The number of carboxylic acid groups (broad SMARTS) is 1. The summed E-state index contributed by atoms with van der Waals surface area (Å²) in [6.45, 7) is 4.60. The molecule has 26 heavy (non-hydrogen) atoms. The third kappa shape index (κ3) is 4.11. The molecule has 0 atom stereocenters. The molecule has 136 valence electrons. The molecule has 0 radical (unpaired) electrons. The van der Waals surface area contributed by atoms with E-state index in [2.05, 4.69) is 4.98 Å². The topological polar surface area (TPSA) is 83.6 Å². The van der Waals surface area contributed by atoms with Crippen LogP contribution in [-0.2, 0) is 4.79 Å². The van der Waals surface area contributed by atoms with Gasteiger partial charge in [-0.2, -0.15) is 0 Å². The molecule has 0 aliphatic carbocycles. The molecule has 0 aliphatic heterocycles. The number of fused-ring (bicyclic) bond motifs is 1. The second kappa shape index (κ2) is 7.70. The highest BCUT2D eigenvalue weighted by atomic mass is 32.1. The van der Waals surface area contributed by atoms with Gasteiger partial charge in [-0.25, -0.2) is 4.98 Å². The van der Waals surface area contributed by atoms with Crippen molar-refractivity contribution in [1.82, 2.24) is 9.88 Å². The number of nitrogens with zero attached hydrogens (tertiary/aromatic N) is 2. The lowest BCUT2D eigenvalue weighted by Crippen LogP contribution is -2.35. The van der Waals surface area contributed by atoms with Crippen LogP contribution in [0.5, 0.6) is 0 Å². The smallest absolute Gasteiger partial charge is 0.305 e. The molecule has 1 amide bonds. The molecule has 0 aliphatic rings. The molecule has 2 heterocycles. The molecule has 0 fully saturated rings. The zero-order valence-corrected chi connectivity index (χ0v) is 15.5. The van der Waals surface area contributed by atoms with Crippen LogP contribution in [0, 0.1) is 5.92 Å².